The molecule has 4 aliphatic heterocycles. The van der Waals surface area contributed by atoms with Gasteiger partial charge in [0, 0.05) is 58.1 Å². The molecular formula is C43H40N4O. The first-order valence-corrected chi connectivity index (χ1v) is 17.7. The van der Waals surface area contributed by atoms with Gasteiger partial charge in [-0.05, 0) is 80.8 Å². The highest BCUT2D eigenvalue weighted by Gasteiger charge is 2.61. The second kappa shape index (κ2) is 10.2. The van der Waals surface area contributed by atoms with Crippen LogP contribution in [-0.2, 0) is 0 Å². The van der Waals surface area contributed by atoms with Crippen molar-refractivity contribution in [2.24, 2.45) is 5.92 Å². The molecule has 10 rings (SSSR count). The van der Waals surface area contributed by atoms with Gasteiger partial charge in [0.05, 0.1) is 28.4 Å². The summed E-state index contributed by atoms with van der Waals surface area (Å²) in [6.45, 7) is 9.08. The molecule has 48 heavy (non-hydrogen) atoms. The minimum absolute atomic E-state index is 0.0983. The van der Waals surface area contributed by atoms with Gasteiger partial charge in [0.1, 0.15) is 11.6 Å². The largest absolute Gasteiger partial charge is 0.453 e. The molecule has 238 valence electrons. The van der Waals surface area contributed by atoms with Crippen LogP contribution < -0.4 is 19.9 Å². The summed E-state index contributed by atoms with van der Waals surface area (Å²) in [5.74, 6) is 3.75. The zero-order valence-electron chi connectivity index (χ0n) is 28.0. The van der Waals surface area contributed by atoms with E-state index in [9.17, 15) is 0 Å². The number of fused-ring (bicyclic) bond motifs is 11. The van der Waals surface area contributed by atoms with E-state index < -0.39 is 0 Å². The van der Waals surface area contributed by atoms with Crippen LogP contribution in [0, 0.1) is 5.92 Å². The molecule has 4 aromatic rings. The van der Waals surface area contributed by atoms with Crippen LogP contribution in [0.1, 0.15) is 75.5 Å². The van der Waals surface area contributed by atoms with E-state index in [1.165, 1.54) is 67.8 Å². The fourth-order valence-corrected chi connectivity index (χ4v) is 9.08. The Labute approximate surface area is 282 Å². The lowest BCUT2D eigenvalue weighted by molar-refractivity contribution is 0.417. The number of aromatic nitrogens is 1. The molecule has 5 nitrogen and oxygen atoms in total. The van der Waals surface area contributed by atoms with E-state index in [4.69, 9.17) is 4.74 Å². The highest BCUT2D eigenvalue weighted by atomic mass is 16.5. The summed E-state index contributed by atoms with van der Waals surface area (Å²) in [6.07, 6.45) is 14.9. The smallest absolute Gasteiger partial charge is 0.151 e. The first kappa shape index (κ1) is 27.9. The molecule has 0 amide bonds. The van der Waals surface area contributed by atoms with Crippen LogP contribution in [0.3, 0.4) is 0 Å². The fourth-order valence-electron chi connectivity index (χ4n) is 9.08. The maximum Gasteiger partial charge on any atom is 0.151 e. The maximum absolute atomic E-state index is 7.00. The number of para-hydroxylation sites is 3. The summed E-state index contributed by atoms with van der Waals surface area (Å²) in [6, 6.07) is 27.0. The van der Waals surface area contributed by atoms with Gasteiger partial charge in [0.2, 0.25) is 0 Å². The summed E-state index contributed by atoms with van der Waals surface area (Å²) in [7, 11) is 0. The molecule has 2 bridgehead atoms. The first-order chi connectivity index (χ1) is 23.6. The van der Waals surface area contributed by atoms with E-state index in [2.05, 4.69) is 151 Å². The molecule has 1 fully saturated rings. The predicted molar refractivity (Wildman–Crippen MR) is 196 cm³/mol. The summed E-state index contributed by atoms with van der Waals surface area (Å²) < 4.78 is 9.39. The third-order valence-corrected chi connectivity index (χ3v) is 11.3. The lowest BCUT2D eigenvalue weighted by atomic mass is 9.90. The van der Waals surface area contributed by atoms with Gasteiger partial charge < -0.3 is 24.4 Å². The Kier molecular flexibility index (Phi) is 5.91. The number of anilines is 4. The minimum atomic E-state index is 0.0983. The van der Waals surface area contributed by atoms with Crippen LogP contribution in [0.15, 0.2) is 131 Å². The molecule has 1 saturated carbocycles. The second-order valence-electron chi connectivity index (χ2n) is 14.0. The lowest BCUT2D eigenvalue weighted by Crippen LogP contribution is -2.32. The number of ether oxygens (including phenoxy) is 1. The van der Waals surface area contributed by atoms with Crippen LogP contribution in [-0.4, -0.2) is 10.6 Å². The van der Waals surface area contributed by atoms with Crippen molar-refractivity contribution in [1.82, 2.24) is 4.57 Å². The zero-order valence-corrected chi connectivity index (χ0v) is 28.0. The Hall–Kier alpha value is -5.16. The molecule has 0 radical (unpaired) electrons. The van der Waals surface area contributed by atoms with E-state index in [-0.39, 0.29) is 17.9 Å². The van der Waals surface area contributed by atoms with E-state index >= 15 is 0 Å². The Balaban J connectivity index is 1.30. The first-order valence-electron chi connectivity index (χ1n) is 17.7. The Morgan fingerprint density at radius 2 is 1.65 bits per heavy atom. The maximum atomic E-state index is 7.00. The topological polar surface area (TPSA) is 32.7 Å². The number of benzene rings is 3. The normalized spacial score (nSPS) is 23.9. The summed E-state index contributed by atoms with van der Waals surface area (Å²) in [5, 5.41) is 4.12. The van der Waals surface area contributed by atoms with E-state index in [1.54, 1.807) is 0 Å². The van der Waals surface area contributed by atoms with Gasteiger partial charge in [0.15, 0.2) is 5.75 Å². The highest BCUT2D eigenvalue weighted by Crippen LogP contribution is 2.67. The van der Waals surface area contributed by atoms with Crippen molar-refractivity contribution in [3.8, 4) is 11.4 Å². The lowest BCUT2D eigenvalue weighted by Gasteiger charge is -2.39. The number of rotatable bonds is 5. The highest BCUT2D eigenvalue weighted by molar-refractivity contribution is 5.89. The van der Waals surface area contributed by atoms with Crippen molar-refractivity contribution in [3.63, 3.8) is 0 Å². The quantitative estimate of drug-likeness (QED) is 0.238. The molecule has 0 spiro atoms. The number of nitrogens with one attached hydrogen (secondary N) is 1. The third-order valence-electron chi connectivity index (χ3n) is 11.3. The molecule has 0 saturated heterocycles. The van der Waals surface area contributed by atoms with Crippen molar-refractivity contribution < 1.29 is 4.74 Å². The van der Waals surface area contributed by atoms with E-state index in [0.29, 0.717) is 5.92 Å². The zero-order chi connectivity index (χ0) is 32.3. The van der Waals surface area contributed by atoms with Crippen molar-refractivity contribution in [3.05, 3.63) is 148 Å². The summed E-state index contributed by atoms with van der Waals surface area (Å²) in [4.78, 5) is 5.12. The van der Waals surface area contributed by atoms with Crippen molar-refractivity contribution in [2.45, 2.75) is 64.8 Å². The molecule has 4 atom stereocenters. The fraction of sp³-hybridized carbons (Fsp3) is 0.256. The van der Waals surface area contributed by atoms with Gasteiger partial charge in [-0.1, -0.05) is 74.4 Å². The number of nitrogens with zero attached hydrogens (tertiary/aromatic N) is 3. The SMILES string of the molecule is CCC=Cc1ccn2c1NC1C3C4=C5C(=CC6C=C4N(c4ccccc46)c4cccc-2c4C13)Oc1ccccc1N5C(C)=C(C)CCC. The second-order valence-corrected chi connectivity index (χ2v) is 14.0. The number of hydrogen-bond donors (Lipinski definition) is 1. The molecule has 5 heterocycles. The van der Waals surface area contributed by atoms with E-state index in [0.717, 1.165) is 36.5 Å². The van der Waals surface area contributed by atoms with Gasteiger partial charge in [0.25, 0.3) is 0 Å². The standard InChI is InChI=1S/C43H40N4O/c1-5-7-14-27-21-22-45-32-18-12-19-33-37(32)39-40(41(39)44-43(27)45)38-34-23-28(29-15-8-9-16-30(29)47(33)34)24-36-42(38)46(26(4)25(3)13-6-2)31-17-10-11-20-35(31)48-36/h7-12,14-24,28,39-41,44H,5-6,13H2,1-4H3. The molecule has 6 aliphatic rings. The molecule has 4 unspecified atom stereocenters. The molecule has 1 aromatic heterocycles. The monoisotopic (exact) mass is 628 g/mol. The van der Waals surface area contributed by atoms with Crippen LogP contribution >= 0.6 is 0 Å². The average molecular weight is 629 g/mol. The molecule has 1 N–H and O–H groups in total. The van der Waals surface area contributed by atoms with Crippen molar-refractivity contribution in [2.75, 3.05) is 15.1 Å². The Bertz CT molecular complexity index is 2210. The van der Waals surface area contributed by atoms with Gasteiger partial charge in [-0.25, -0.2) is 0 Å². The van der Waals surface area contributed by atoms with Crippen LogP contribution in [0.4, 0.5) is 22.9 Å². The van der Waals surface area contributed by atoms with Crippen molar-refractivity contribution >= 4 is 29.0 Å². The summed E-state index contributed by atoms with van der Waals surface area (Å²) in [5.41, 5.74) is 15.5. The Morgan fingerprint density at radius 3 is 2.50 bits per heavy atom. The van der Waals surface area contributed by atoms with Crippen molar-refractivity contribution in [1.29, 1.82) is 0 Å². The predicted octanol–water partition coefficient (Wildman–Crippen LogP) is 10.7. The van der Waals surface area contributed by atoms with Crippen LogP contribution in [0.2, 0.25) is 0 Å². The average Bonchev–Trinajstić information content (AvgIpc) is 3.75. The van der Waals surface area contributed by atoms with E-state index in [1.807, 2.05) is 0 Å². The Morgan fingerprint density at radius 1 is 0.854 bits per heavy atom. The molecular weight excluding hydrogens is 589 g/mol. The van der Waals surface area contributed by atoms with Gasteiger partial charge in [-0.15, -0.1) is 0 Å². The summed E-state index contributed by atoms with van der Waals surface area (Å²) >= 11 is 0. The minimum Gasteiger partial charge on any atom is -0.453 e. The molecule has 5 heteroatoms. The van der Waals surface area contributed by atoms with Gasteiger partial charge >= 0.3 is 0 Å². The van der Waals surface area contributed by atoms with Crippen LogP contribution in [0.5, 0.6) is 5.75 Å². The van der Waals surface area contributed by atoms with Gasteiger partial charge in [-0.3, -0.25) is 0 Å². The molecule has 3 aromatic carbocycles. The van der Waals surface area contributed by atoms with Gasteiger partial charge in [-0.2, -0.15) is 0 Å². The molecule has 2 aliphatic carbocycles. The number of hydrogen-bond acceptors (Lipinski definition) is 4. The number of allylic oxidation sites excluding steroid dienone is 6. The van der Waals surface area contributed by atoms with Crippen LogP contribution in [0.25, 0.3) is 11.8 Å². The third kappa shape index (κ3) is 3.67.